The summed E-state index contributed by atoms with van der Waals surface area (Å²) in [6.45, 7) is 0.509. The number of aromatic amines is 1. The molecule has 5 nitrogen and oxygen atoms in total. The van der Waals surface area contributed by atoms with E-state index in [1.165, 1.54) is 0 Å². The van der Waals surface area contributed by atoms with Crippen molar-refractivity contribution >= 4 is 12.1 Å². The van der Waals surface area contributed by atoms with Crippen molar-refractivity contribution in [2.24, 2.45) is 5.10 Å². The Hall–Kier alpha value is -4.90. The molecule has 0 fully saturated rings. The summed E-state index contributed by atoms with van der Waals surface area (Å²) < 4.78 is 5.82. The predicted molar refractivity (Wildman–Crippen MR) is 144 cm³/mol. The van der Waals surface area contributed by atoms with E-state index in [1.807, 2.05) is 121 Å². The Balaban J connectivity index is 1.27. The maximum atomic E-state index is 13.1. The normalized spacial score (nSPS) is 10.9. The zero-order chi connectivity index (χ0) is 24.6. The SMILES string of the molecule is O=C(N/N=C/c1ccc(OCc2ccccc2)cc1)c1[nH]c(-c2ccccc2)cc1-c1ccccc1. The molecule has 0 unspecified atom stereocenters. The number of H-pyrrole nitrogens is 1. The molecule has 0 spiro atoms. The van der Waals surface area contributed by atoms with Crippen LogP contribution in [0.5, 0.6) is 5.75 Å². The van der Waals surface area contributed by atoms with Crippen molar-refractivity contribution in [2.45, 2.75) is 6.61 Å². The molecule has 0 saturated carbocycles. The third kappa shape index (κ3) is 5.59. The molecule has 4 aromatic carbocycles. The van der Waals surface area contributed by atoms with Gasteiger partial charge in [0.25, 0.3) is 5.91 Å². The molecular formula is C31H25N3O2. The maximum absolute atomic E-state index is 13.1. The molecule has 0 aliphatic heterocycles. The lowest BCUT2D eigenvalue weighted by molar-refractivity contribution is 0.0951. The van der Waals surface area contributed by atoms with Gasteiger partial charge in [-0.1, -0.05) is 91.0 Å². The second-order valence-electron chi connectivity index (χ2n) is 8.25. The van der Waals surface area contributed by atoms with Gasteiger partial charge in [-0.15, -0.1) is 0 Å². The van der Waals surface area contributed by atoms with Gasteiger partial charge >= 0.3 is 0 Å². The van der Waals surface area contributed by atoms with Gasteiger partial charge in [-0.05, 0) is 52.6 Å². The van der Waals surface area contributed by atoms with Crippen LogP contribution < -0.4 is 10.2 Å². The van der Waals surface area contributed by atoms with Gasteiger partial charge < -0.3 is 9.72 Å². The van der Waals surface area contributed by atoms with Crippen LogP contribution in [0.1, 0.15) is 21.6 Å². The first-order valence-corrected chi connectivity index (χ1v) is 11.7. The summed E-state index contributed by atoms with van der Waals surface area (Å²) in [6, 6.07) is 39.3. The Morgan fingerprint density at radius 3 is 2.06 bits per heavy atom. The summed E-state index contributed by atoms with van der Waals surface area (Å²) in [5, 5.41) is 4.17. The van der Waals surface area contributed by atoms with Crippen molar-refractivity contribution in [1.29, 1.82) is 0 Å². The molecule has 2 N–H and O–H groups in total. The summed E-state index contributed by atoms with van der Waals surface area (Å²) in [4.78, 5) is 16.3. The molecule has 5 heteroatoms. The fourth-order valence-corrected chi connectivity index (χ4v) is 3.86. The summed E-state index contributed by atoms with van der Waals surface area (Å²) in [6.07, 6.45) is 1.61. The van der Waals surface area contributed by atoms with Crippen LogP contribution in [0.2, 0.25) is 0 Å². The van der Waals surface area contributed by atoms with Crippen molar-refractivity contribution in [3.8, 4) is 28.1 Å². The van der Waals surface area contributed by atoms with E-state index in [0.717, 1.165) is 39.3 Å². The Kier molecular flexibility index (Phi) is 7.00. The zero-order valence-corrected chi connectivity index (χ0v) is 19.6. The Bertz CT molecular complexity index is 1440. The minimum Gasteiger partial charge on any atom is -0.489 e. The van der Waals surface area contributed by atoms with Crippen LogP contribution in [0.3, 0.4) is 0 Å². The van der Waals surface area contributed by atoms with E-state index < -0.39 is 0 Å². The maximum Gasteiger partial charge on any atom is 0.288 e. The number of aromatic nitrogens is 1. The number of amides is 1. The Labute approximate surface area is 210 Å². The third-order valence-corrected chi connectivity index (χ3v) is 5.72. The number of nitrogens with one attached hydrogen (secondary N) is 2. The largest absolute Gasteiger partial charge is 0.489 e. The average molecular weight is 472 g/mol. The van der Waals surface area contributed by atoms with Crippen LogP contribution in [-0.4, -0.2) is 17.1 Å². The highest BCUT2D eigenvalue weighted by Gasteiger charge is 2.17. The van der Waals surface area contributed by atoms with Crippen LogP contribution in [-0.2, 0) is 6.61 Å². The second kappa shape index (κ2) is 11.0. The Morgan fingerprint density at radius 1 is 0.778 bits per heavy atom. The lowest BCUT2D eigenvalue weighted by Crippen LogP contribution is -2.18. The molecule has 5 aromatic rings. The van der Waals surface area contributed by atoms with Crippen LogP contribution in [0.15, 0.2) is 126 Å². The van der Waals surface area contributed by atoms with Crippen LogP contribution in [0, 0.1) is 0 Å². The van der Waals surface area contributed by atoms with Crippen molar-refractivity contribution in [1.82, 2.24) is 10.4 Å². The first-order chi connectivity index (χ1) is 17.8. The number of nitrogens with zero attached hydrogens (tertiary/aromatic N) is 1. The number of benzene rings is 4. The second-order valence-corrected chi connectivity index (χ2v) is 8.25. The molecular weight excluding hydrogens is 446 g/mol. The third-order valence-electron chi connectivity index (χ3n) is 5.72. The van der Waals surface area contributed by atoms with Gasteiger partial charge in [0.2, 0.25) is 0 Å². The minimum atomic E-state index is -0.310. The van der Waals surface area contributed by atoms with E-state index in [9.17, 15) is 4.79 Å². The van der Waals surface area contributed by atoms with E-state index in [2.05, 4.69) is 15.5 Å². The van der Waals surface area contributed by atoms with E-state index in [1.54, 1.807) is 6.21 Å². The molecule has 176 valence electrons. The highest BCUT2D eigenvalue weighted by molar-refractivity contribution is 6.01. The quantitative estimate of drug-likeness (QED) is 0.196. The van der Waals surface area contributed by atoms with Crippen molar-refractivity contribution in [2.75, 3.05) is 0 Å². The zero-order valence-electron chi connectivity index (χ0n) is 19.6. The predicted octanol–water partition coefficient (Wildman–Crippen LogP) is 6.69. The first kappa shape index (κ1) is 22.9. The Morgan fingerprint density at radius 2 is 1.39 bits per heavy atom. The van der Waals surface area contributed by atoms with Crippen molar-refractivity contribution < 1.29 is 9.53 Å². The van der Waals surface area contributed by atoms with E-state index >= 15 is 0 Å². The van der Waals surface area contributed by atoms with E-state index in [4.69, 9.17) is 4.74 Å². The minimum absolute atomic E-state index is 0.310. The van der Waals surface area contributed by atoms with E-state index in [0.29, 0.717) is 12.3 Å². The smallest absolute Gasteiger partial charge is 0.288 e. The van der Waals surface area contributed by atoms with Gasteiger partial charge in [0.1, 0.15) is 18.1 Å². The summed E-state index contributed by atoms with van der Waals surface area (Å²) in [5.74, 6) is 0.461. The van der Waals surface area contributed by atoms with Gasteiger partial charge in [0.15, 0.2) is 0 Å². The number of hydrazone groups is 1. The van der Waals surface area contributed by atoms with Crippen LogP contribution in [0.4, 0.5) is 0 Å². The van der Waals surface area contributed by atoms with Gasteiger partial charge in [0, 0.05) is 11.3 Å². The average Bonchev–Trinajstić information content (AvgIpc) is 3.40. The highest BCUT2D eigenvalue weighted by Crippen LogP contribution is 2.29. The number of rotatable bonds is 8. The monoisotopic (exact) mass is 471 g/mol. The fraction of sp³-hybridized carbons (Fsp3) is 0.0323. The molecule has 0 saturated heterocycles. The topological polar surface area (TPSA) is 66.5 Å². The molecule has 5 rings (SSSR count). The van der Waals surface area contributed by atoms with E-state index in [-0.39, 0.29) is 5.91 Å². The molecule has 1 aromatic heterocycles. The van der Waals surface area contributed by atoms with Gasteiger partial charge in [-0.3, -0.25) is 4.79 Å². The van der Waals surface area contributed by atoms with Gasteiger partial charge in [-0.25, -0.2) is 5.43 Å². The molecule has 0 atom stereocenters. The van der Waals surface area contributed by atoms with Crippen molar-refractivity contribution in [3.05, 3.63) is 138 Å². The first-order valence-electron chi connectivity index (χ1n) is 11.7. The van der Waals surface area contributed by atoms with Crippen LogP contribution >= 0.6 is 0 Å². The molecule has 1 heterocycles. The van der Waals surface area contributed by atoms with Crippen LogP contribution in [0.25, 0.3) is 22.4 Å². The standard InChI is InChI=1S/C31H25N3O2/c35-31(34-32-21-23-16-18-27(19-17-23)36-22-24-10-4-1-5-11-24)30-28(25-12-6-2-7-13-25)20-29(33-30)26-14-8-3-9-15-26/h1-21,33H,22H2,(H,34,35)/b32-21+. The number of hydrogen-bond acceptors (Lipinski definition) is 3. The lowest BCUT2D eigenvalue weighted by Gasteiger charge is -2.06. The number of ether oxygens (including phenoxy) is 1. The molecule has 0 aliphatic rings. The molecule has 0 bridgehead atoms. The van der Waals surface area contributed by atoms with Gasteiger partial charge in [-0.2, -0.15) is 5.10 Å². The fourth-order valence-electron chi connectivity index (χ4n) is 3.86. The summed E-state index contributed by atoms with van der Waals surface area (Å²) >= 11 is 0. The van der Waals surface area contributed by atoms with Gasteiger partial charge in [0.05, 0.1) is 6.21 Å². The number of carbonyl (C=O) groups is 1. The molecule has 1 amide bonds. The highest BCUT2D eigenvalue weighted by atomic mass is 16.5. The lowest BCUT2D eigenvalue weighted by atomic mass is 10.0. The van der Waals surface area contributed by atoms with Crippen molar-refractivity contribution in [3.63, 3.8) is 0 Å². The molecule has 36 heavy (non-hydrogen) atoms. The molecule has 0 aliphatic carbocycles. The number of hydrogen-bond donors (Lipinski definition) is 2. The summed E-state index contributed by atoms with van der Waals surface area (Å²) in [7, 11) is 0. The number of carbonyl (C=O) groups excluding carboxylic acids is 1. The summed E-state index contributed by atoms with van der Waals surface area (Å²) in [5.41, 5.74) is 8.72. The molecule has 0 radical (unpaired) electrons.